The van der Waals surface area contributed by atoms with E-state index in [2.05, 4.69) is 31.2 Å². The fourth-order valence-electron chi connectivity index (χ4n) is 1.61. The molecule has 0 radical (unpaired) electrons. The number of carbonyl (C=O) groups is 1. The highest BCUT2D eigenvalue weighted by Crippen LogP contribution is 2.28. The summed E-state index contributed by atoms with van der Waals surface area (Å²) in [5, 5.41) is 6.92. The summed E-state index contributed by atoms with van der Waals surface area (Å²) in [6.07, 6.45) is 1.68. The molecule has 1 heterocycles. The Bertz CT molecular complexity index is 347. The zero-order valence-electron chi connectivity index (χ0n) is 9.38. The minimum atomic E-state index is -0.0662. The molecule has 1 N–H and O–H groups in total. The first-order valence-corrected chi connectivity index (χ1v) is 4.62. The number of aryl methyl sites for hydroxylation is 1. The largest absolute Gasteiger partial charge is 0.323 e. The number of nitrogens with zero attached hydrogens (tertiary/aromatic N) is 2. The van der Waals surface area contributed by atoms with Gasteiger partial charge in [-0.15, -0.1) is 0 Å². The Hall–Kier alpha value is -1.32. The monoisotopic (exact) mass is 195 g/mol. The minimum absolute atomic E-state index is 0.0248. The van der Waals surface area contributed by atoms with E-state index in [4.69, 9.17) is 0 Å². The van der Waals surface area contributed by atoms with E-state index >= 15 is 0 Å². The molecule has 0 atom stereocenters. The van der Waals surface area contributed by atoms with Crippen LogP contribution < -0.4 is 5.32 Å². The van der Waals surface area contributed by atoms with Crippen molar-refractivity contribution in [3.63, 3.8) is 0 Å². The predicted molar refractivity (Wildman–Crippen MR) is 56.2 cm³/mol. The summed E-state index contributed by atoms with van der Waals surface area (Å²) in [7, 11) is 1.88. The minimum Gasteiger partial charge on any atom is -0.323 e. The first-order valence-electron chi connectivity index (χ1n) is 4.62. The molecule has 0 aromatic carbocycles. The molecule has 0 aliphatic heterocycles. The summed E-state index contributed by atoms with van der Waals surface area (Å²) in [4.78, 5) is 11.0. The standard InChI is InChI=1S/C10H17N3O/c1-7(14)12-8-6-11-13(5)9(8)10(2,3)4/h6H,1-5H3,(H,12,14). The van der Waals surface area contributed by atoms with E-state index in [0.717, 1.165) is 11.4 Å². The van der Waals surface area contributed by atoms with Crippen molar-refractivity contribution < 1.29 is 4.79 Å². The average molecular weight is 195 g/mol. The van der Waals surface area contributed by atoms with Crippen molar-refractivity contribution in [1.82, 2.24) is 9.78 Å². The van der Waals surface area contributed by atoms with Crippen LogP contribution in [0.4, 0.5) is 5.69 Å². The third kappa shape index (κ3) is 2.13. The van der Waals surface area contributed by atoms with Gasteiger partial charge in [0.05, 0.1) is 17.6 Å². The van der Waals surface area contributed by atoms with E-state index in [1.165, 1.54) is 6.92 Å². The third-order valence-electron chi connectivity index (χ3n) is 1.96. The Balaban J connectivity index is 3.13. The molecule has 0 saturated heterocycles. The smallest absolute Gasteiger partial charge is 0.221 e. The lowest BCUT2D eigenvalue weighted by Crippen LogP contribution is -2.19. The number of aromatic nitrogens is 2. The predicted octanol–water partition coefficient (Wildman–Crippen LogP) is 1.68. The van der Waals surface area contributed by atoms with Gasteiger partial charge in [-0.05, 0) is 0 Å². The maximum atomic E-state index is 11.0. The van der Waals surface area contributed by atoms with Crippen molar-refractivity contribution in [3.8, 4) is 0 Å². The van der Waals surface area contributed by atoms with E-state index in [0.29, 0.717) is 0 Å². The van der Waals surface area contributed by atoms with Gasteiger partial charge in [-0.2, -0.15) is 5.10 Å². The van der Waals surface area contributed by atoms with E-state index < -0.39 is 0 Å². The van der Waals surface area contributed by atoms with Gasteiger partial charge in [-0.1, -0.05) is 20.8 Å². The van der Waals surface area contributed by atoms with Gasteiger partial charge in [-0.3, -0.25) is 9.48 Å². The van der Waals surface area contributed by atoms with Gasteiger partial charge >= 0.3 is 0 Å². The topological polar surface area (TPSA) is 46.9 Å². The molecule has 14 heavy (non-hydrogen) atoms. The van der Waals surface area contributed by atoms with Crippen LogP contribution in [0.3, 0.4) is 0 Å². The van der Waals surface area contributed by atoms with Crippen molar-refractivity contribution in [2.24, 2.45) is 7.05 Å². The zero-order valence-corrected chi connectivity index (χ0v) is 9.38. The molecular formula is C10H17N3O. The number of nitrogens with one attached hydrogen (secondary N) is 1. The highest BCUT2D eigenvalue weighted by atomic mass is 16.1. The molecule has 0 aliphatic rings. The maximum absolute atomic E-state index is 11.0. The fraction of sp³-hybridized carbons (Fsp3) is 0.600. The number of carbonyl (C=O) groups excluding carboxylic acids is 1. The lowest BCUT2D eigenvalue weighted by Gasteiger charge is -2.20. The molecule has 0 spiro atoms. The van der Waals surface area contributed by atoms with Crippen molar-refractivity contribution in [2.45, 2.75) is 33.1 Å². The molecule has 1 amide bonds. The lowest BCUT2D eigenvalue weighted by atomic mass is 9.91. The molecule has 78 valence electrons. The van der Waals surface area contributed by atoms with Gasteiger partial charge in [0, 0.05) is 19.4 Å². The van der Waals surface area contributed by atoms with Gasteiger partial charge in [0.1, 0.15) is 0 Å². The van der Waals surface area contributed by atoms with E-state index in [1.54, 1.807) is 10.9 Å². The van der Waals surface area contributed by atoms with Crippen molar-refractivity contribution in [2.75, 3.05) is 5.32 Å². The second-order valence-corrected chi connectivity index (χ2v) is 4.46. The van der Waals surface area contributed by atoms with Crippen LogP contribution in [0, 0.1) is 0 Å². The quantitative estimate of drug-likeness (QED) is 0.741. The molecule has 4 nitrogen and oxygen atoms in total. The molecule has 0 unspecified atom stereocenters. The Morgan fingerprint density at radius 3 is 2.50 bits per heavy atom. The van der Waals surface area contributed by atoms with Crippen LogP contribution in [0.1, 0.15) is 33.4 Å². The number of hydrogen-bond acceptors (Lipinski definition) is 2. The normalized spacial score (nSPS) is 11.5. The number of hydrogen-bond donors (Lipinski definition) is 1. The van der Waals surface area contributed by atoms with Crippen molar-refractivity contribution in [3.05, 3.63) is 11.9 Å². The average Bonchev–Trinajstić information content (AvgIpc) is 2.28. The molecule has 0 fully saturated rings. The molecule has 1 aromatic heterocycles. The van der Waals surface area contributed by atoms with Gasteiger partial charge in [-0.25, -0.2) is 0 Å². The van der Waals surface area contributed by atoms with Gasteiger partial charge in [0.25, 0.3) is 0 Å². The molecule has 0 saturated carbocycles. The van der Waals surface area contributed by atoms with Crippen LogP contribution in [0.5, 0.6) is 0 Å². The molecule has 1 rings (SSSR count). The first kappa shape index (κ1) is 10.8. The second kappa shape index (κ2) is 3.44. The summed E-state index contributed by atoms with van der Waals surface area (Å²) >= 11 is 0. The molecule has 1 aromatic rings. The van der Waals surface area contributed by atoms with Gasteiger partial charge in [0.2, 0.25) is 5.91 Å². The summed E-state index contributed by atoms with van der Waals surface area (Å²) in [6, 6.07) is 0. The number of rotatable bonds is 1. The van der Waals surface area contributed by atoms with E-state index in [9.17, 15) is 4.79 Å². The van der Waals surface area contributed by atoms with Crippen LogP contribution in [-0.4, -0.2) is 15.7 Å². The van der Waals surface area contributed by atoms with Crippen LogP contribution in [0.2, 0.25) is 0 Å². The summed E-state index contributed by atoms with van der Waals surface area (Å²) in [6.45, 7) is 7.78. The Morgan fingerprint density at radius 1 is 1.50 bits per heavy atom. The highest BCUT2D eigenvalue weighted by Gasteiger charge is 2.22. The summed E-state index contributed by atoms with van der Waals surface area (Å²) in [5.41, 5.74) is 1.81. The molecule has 4 heteroatoms. The molecule has 0 bridgehead atoms. The lowest BCUT2D eigenvalue weighted by molar-refractivity contribution is -0.114. The zero-order chi connectivity index (χ0) is 10.9. The Kier molecular flexibility index (Phi) is 2.64. The fourth-order valence-corrected chi connectivity index (χ4v) is 1.61. The summed E-state index contributed by atoms with van der Waals surface area (Å²) in [5.74, 6) is -0.0662. The molecule has 0 aliphatic carbocycles. The van der Waals surface area contributed by atoms with Crippen molar-refractivity contribution in [1.29, 1.82) is 0 Å². The molecular weight excluding hydrogens is 178 g/mol. The Labute approximate surface area is 84.3 Å². The van der Waals surface area contributed by atoms with Crippen LogP contribution in [0.25, 0.3) is 0 Å². The Morgan fingerprint density at radius 2 is 2.07 bits per heavy atom. The first-order chi connectivity index (χ1) is 6.32. The highest BCUT2D eigenvalue weighted by molar-refractivity contribution is 5.89. The van der Waals surface area contributed by atoms with E-state index in [1.807, 2.05) is 7.05 Å². The number of amides is 1. The van der Waals surface area contributed by atoms with Crippen LogP contribution in [0.15, 0.2) is 6.20 Å². The number of anilines is 1. The van der Waals surface area contributed by atoms with Crippen LogP contribution >= 0.6 is 0 Å². The van der Waals surface area contributed by atoms with Crippen molar-refractivity contribution >= 4 is 11.6 Å². The summed E-state index contributed by atoms with van der Waals surface area (Å²) < 4.78 is 1.80. The van der Waals surface area contributed by atoms with Crippen LogP contribution in [-0.2, 0) is 17.3 Å². The SMILES string of the molecule is CC(=O)Nc1cnn(C)c1C(C)(C)C. The third-order valence-corrected chi connectivity index (χ3v) is 1.96. The van der Waals surface area contributed by atoms with Gasteiger partial charge < -0.3 is 5.32 Å². The second-order valence-electron chi connectivity index (χ2n) is 4.46. The van der Waals surface area contributed by atoms with Gasteiger partial charge in [0.15, 0.2) is 0 Å². The maximum Gasteiger partial charge on any atom is 0.221 e. The van der Waals surface area contributed by atoms with E-state index in [-0.39, 0.29) is 11.3 Å².